The molecule has 1 rings (SSSR count). The fourth-order valence-corrected chi connectivity index (χ4v) is 2.39. The molecule has 94 valence electrons. The van der Waals surface area contributed by atoms with Gasteiger partial charge in [-0.3, -0.25) is 9.48 Å². The van der Waals surface area contributed by atoms with Crippen LogP contribution in [0.15, 0.2) is 0 Å². The summed E-state index contributed by atoms with van der Waals surface area (Å²) in [5.41, 5.74) is 0.687. The smallest absolute Gasteiger partial charge is 0.235 e. The van der Waals surface area contributed by atoms with Crippen LogP contribution in [-0.2, 0) is 0 Å². The Morgan fingerprint density at radius 1 is 1.19 bits per heavy atom. The largest absolute Gasteiger partial charge is 0.259 e. The van der Waals surface area contributed by atoms with Gasteiger partial charge in [-0.25, -0.2) is 0 Å². The van der Waals surface area contributed by atoms with E-state index in [0.29, 0.717) is 0 Å². The third-order valence-corrected chi connectivity index (χ3v) is 3.84. The van der Waals surface area contributed by atoms with Crippen molar-refractivity contribution in [2.75, 3.05) is 6.54 Å². The van der Waals surface area contributed by atoms with E-state index in [1.165, 1.54) is 6.42 Å². The van der Waals surface area contributed by atoms with Gasteiger partial charge >= 0.3 is 0 Å². The summed E-state index contributed by atoms with van der Waals surface area (Å²) < 4.78 is 2.53. The molecule has 0 amide bonds. The highest BCUT2D eigenvalue weighted by Gasteiger charge is 2.47. The topological polar surface area (TPSA) is 6.25 Å². The van der Waals surface area contributed by atoms with Crippen LogP contribution in [0.4, 0.5) is 0 Å². The summed E-state index contributed by atoms with van der Waals surface area (Å²) in [6, 6.07) is 0. The first kappa shape index (κ1) is 13.5. The minimum atomic E-state index is 0.218. The molecule has 2 heteroatoms. The second-order valence-corrected chi connectivity index (χ2v) is 7.26. The third-order valence-electron chi connectivity index (χ3n) is 3.84. The van der Waals surface area contributed by atoms with Gasteiger partial charge in [-0.2, -0.15) is 0 Å². The molecule has 0 aliphatic carbocycles. The average Bonchev–Trinajstić information content (AvgIpc) is 2.41. The van der Waals surface area contributed by atoms with Gasteiger partial charge in [0.05, 0.1) is 5.54 Å². The van der Waals surface area contributed by atoms with Crippen molar-refractivity contribution in [3.8, 4) is 0 Å². The minimum Gasteiger partial charge on any atom is -0.259 e. The zero-order valence-corrected chi connectivity index (χ0v) is 12.4. The second-order valence-electron chi connectivity index (χ2n) is 7.26. The molecule has 1 aliphatic heterocycles. The van der Waals surface area contributed by atoms with Gasteiger partial charge in [0, 0.05) is 0 Å². The number of hydrogen-bond acceptors (Lipinski definition) is 1. The van der Waals surface area contributed by atoms with E-state index in [9.17, 15) is 0 Å². The molecule has 0 aromatic rings. The van der Waals surface area contributed by atoms with E-state index in [4.69, 9.17) is 0 Å². The van der Waals surface area contributed by atoms with E-state index < -0.39 is 0 Å². The van der Waals surface area contributed by atoms with Gasteiger partial charge in [0.25, 0.3) is 0 Å². The van der Waals surface area contributed by atoms with Crippen LogP contribution in [0.3, 0.4) is 0 Å². The SMILES string of the molecule is CCC(C)(C)[N+]1=CN(C(C)(C)C)CC1(C)C. The highest BCUT2D eigenvalue weighted by molar-refractivity contribution is 5.53. The van der Waals surface area contributed by atoms with Gasteiger partial charge in [0.1, 0.15) is 17.6 Å². The predicted octanol–water partition coefficient (Wildman–Crippen LogP) is 3.11. The zero-order valence-electron chi connectivity index (χ0n) is 12.4. The van der Waals surface area contributed by atoms with Crippen LogP contribution in [0.5, 0.6) is 0 Å². The predicted molar refractivity (Wildman–Crippen MR) is 71.2 cm³/mol. The van der Waals surface area contributed by atoms with Crippen LogP contribution < -0.4 is 0 Å². The molecule has 0 atom stereocenters. The van der Waals surface area contributed by atoms with Crippen molar-refractivity contribution in [1.29, 1.82) is 0 Å². The Kier molecular flexibility index (Phi) is 3.17. The Hall–Kier alpha value is -0.530. The molecule has 1 aliphatic rings. The zero-order chi connectivity index (χ0) is 12.8. The fraction of sp³-hybridized carbons (Fsp3) is 0.929. The van der Waals surface area contributed by atoms with E-state index in [2.05, 4.69) is 71.2 Å². The molecule has 0 saturated heterocycles. The summed E-state index contributed by atoms with van der Waals surface area (Å²) >= 11 is 0. The van der Waals surface area contributed by atoms with Crippen molar-refractivity contribution in [1.82, 2.24) is 4.90 Å². The summed E-state index contributed by atoms with van der Waals surface area (Å²) in [7, 11) is 0. The highest BCUT2D eigenvalue weighted by Crippen LogP contribution is 2.29. The molecular formula is C14H29N2+. The molecule has 0 bridgehead atoms. The van der Waals surface area contributed by atoms with E-state index >= 15 is 0 Å². The molecular weight excluding hydrogens is 196 g/mol. The molecule has 16 heavy (non-hydrogen) atoms. The molecule has 0 saturated carbocycles. The lowest BCUT2D eigenvalue weighted by Crippen LogP contribution is -2.48. The van der Waals surface area contributed by atoms with Gasteiger partial charge in [0.2, 0.25) is 6.34 Å². The average molecular weight is 225 g/mol. The quantitative estimate of drug-likeness (QED) is 0.655. The van der Waals surface area contributed by atoms with Crippen molar-refractivity contribution in [3.05, 3.63) is 0 Å². The first-order valence-corrected chi connectivity index (χ1v) is 6.42. The van der Waals surface area contributed by atoms with E-state index in [1.807, 2.05) is 0 Å². The first-order chi connectivity index (χ1) is 7.00. The molecule has 2 nitrogen and oxygen atoms in total. The van der Waals surface area contributed by atoms with Crippen LogP contribution in [0.25, 0.3) is 0 Å². The lowest BCUT2D eigenvalue weighted by molar-refractivity contribution is -0.651. The van der Waals surface area contributed by atoms with Crippen LogP contribution >= 0.6 is 0 Å². The Balaban J connectivity index is 3.07. The summed E-state index contributed by atoms with van der Waals surface area (Å²) in [6.45, 7) is 19.6. The summed E-state index contributed by atoms with van der Waals surface area (Å²) in [6.07, 6.45) is 3.51. The van der Waals surface area contributed by atoms with Gasteiger partial charge in [-0.1, -0.05) is 6.92 Å². The maximum absolute atomic E-state index is 2.53. The fourth-order valence-electron chi connectivity index (χ4n) is 2.39. The first-order valence-electron chi connectivity index (χ1n) is 6.42. The van der Waals surface area contributed by atoms with Gasteiger partial charge in [-0.05, 0) is 54.9 Å². The Labute approximate surface area is 101 Å². The van der Waals surface area contributed by atoms with E-state index in [-0.39, 0.29) is 16.6 Å². The molecule has 0 N–H and O–H groups in total. The van der Waals surface area contributed by atoms with Crippen molar-refractivity contribution < 1.29 is 4.58 Å². The maximum atomic E-state index is 2.53. The summed E-state index contributed by atoms with van der Waals surface area (Å²) in [5, 5.41) is 0. The Morgan fingerprint density at radius 2 is 1.69 bits per heavy atom. The lowest BCUT2D eigenvalue weighted by Gasteiger charge is -2.32. The second kappa shape index (κ2) is 3.75. The normalized spacial score (nSPS) is 21.2. The standard InChI is InChI=1S/C14H29N2/c1-9-13(5,6)16-11-15(12(2,3)4)10-14(16,7)8/h11H,9-10H2,1-8H3/q+1. The summed E-state index contributed by atoms with van der Waals surface area (Å²) in [5.74, 6) is 0. The number of hydrogen-bond donors (Lipinski definition) is 0. The van der Waals surface area contributed by atoms with Crippen molar-refractivity contribution in [2.45, 2.75) is 78.4 Å². The highest BCUT2D eigenvalue weighted by atomic mass is 15.4. The molecule has 0 unspecified atom stereocenters. The monoisotopic (exact) mass is 225 g/mol. The van der Waals surface area contributed by atoms with Gasteiger partial charge in [0.15, 0.2) is 0 Å². The van der Waals surface area contributed by atoms with Crippen LogP contribution in [0.1, 0.15) is 61.8 Å². The lowest BCUT2D eigenvalue weighted by atomic mass is 9.94. The summed E-state index contributed by atoms with van der Waals surface area (Å²) in [4.78, 5) is 2.46. The third kappa shape index (κ3) is 2.41. The van der Waals surface area contributed by atoms with Gasteiger partial charge in [-0.15, -0.1) is 0 Å². The van der Waals surface area contributed by atoms with Crippen LogP contribution in [0, 0.1) is 0 Å². The van der Waals surface area contributed by atoms with E-state index in [1.54, 1.807) is 0 Å². The molecule has 0 aromatic heterocycles. The molecule has 0 fully saturated rings. The van der Waals surface area contributed by atoms with Crippen LogP contribution in [0.2, 0.25) is 0 Å². The van der Waals surface area contributed by atoms with Crippen LogP contribution in [-0.4, -0.2) is 39.0 Å². The van der Waals surface area contributed by atoms with E-state index in [0.717, 1.165) is 6.54 Å². The number of rotatable bonds is 2. The molecule has 0 radical (unpaired) electrons. The molecule has 1 heterocycles. The molecule has 0 spiro atoms. The minimum absolute atomic E-state index is 0.218. The van der Waals surface area contributed by atoms with Crippen molar-refractivity contribution in [3.63, 3.8) is 0 Å². The number of nitrogens with zero attached hydrogens (tertiary/aromatic N) is 2. The molecule has 0 aromatic carbocycles. The van der Waals surface area contributed by atoms with Gasteiger partial charge < -0.3 is 0 Å². The Morgan fingerprint density at radius 3 is 2.00 bits per heavy atom. The maximum Gasteiger partial charge on any atom is 0.235 e. The Bertz CT molecular complexity index is 292. The van der Waals surface area contributed by atoms with Crippen molar-refractivity contribution >= 4 is 6.34 Å². The van der Waals surface area contributed by atoms with Crippen molar-refractivity contribution in [2.24, 2.45) is 0 Å².